The van der Waals surface area contributed by atoms with Gasteiger partial charge in [-0.05, 0) is 23.8 Å². The van der Waals surface area contributed by atoms with Gasteiger partial charge >= 0.3 is 0 Å². The molecule has 0 saturated carbocycles. The molecule has 0 saturated heterocycles. The second kappa shape index (κ2) is 4.65. The van der Waals surface area contributed by atoms with Crippen LogP contribution < -0.4 is 11.1 Å². The molecule has 19 heavy (non-hydrogen) atoms. The molecule has 1 aromatic heterocycles. The van der Waals surface area contributed by atoms with E-state index >= 15 is 0 Å². The van der Waals surface area contributed by atoms with Crippen LogP contribution in [0.25, 0.3) is 11.0 Å². The number of nitrogens with two attached hydrogens (primary N) is 1. The molecule has 0 radical (unpaired) electrons. The molecule has 0 aliphatic rings. The second-order valence-electron chi connectivity index (χ2n) is 4.58. The van der Waals surface area contributed by atoms with E-state index in [1.165, 1.54) is 5.56 Å². The minimum atomic E-state index is 0.736. The van der Waals surface area contributed by atoms with Crippen molar-refractivity contribution < 1.29 is 0 Å². The van der Waals surface area contributed by atoms with Crippen LogP contribution in [0.2, 0.25) is 0 Å². The number of hydrogen-bond donors (Lipinski definition) is 2. The summed E-state index contributed by atoms with van der Waals surface area (Å²) < 4.78 is 2.04. The highest BCUT2D eigenvalue weighted by Gasteiger charge is 2.07. The average molecular weight is 252 g/mol. The summed E-state index contributed by atoms with van der Waals surface area (Å²) in [4.78, 5) is 4.56. The van der Waals surface area contributed by atoms with Crippen molar-refractivity contribution in [1.29, 1.82) is 0 Å². The molecule has 0 atom stereocenters. The predicted octanol–water partition coefficient (Wildman–Crippen LogP) is 2.77. The minimum Gasteiger partial charge on any atom is -0.399 e. The molecule has 3 rings (SSSR count). The molecule has 0 fully saturated rings. The molecule has 4 heteroatoms. The number of hydrogen-bond acceptors (Lipinski definition) is 3. The van der Waals surface area contributed by atoms with Gasteiger partial charge < -0.3 is 15.6 Å². The number of fused-ring (bicyclic) bond motifs is 1. The summed E-state index contributed by atoms with van der Waals surface area (Å²) in [5.41, 5.74) is 9.73. The summed E-state index contributed by atoms with van der Waals surface area (Å²) in [5, 5.41) is 3.35. The van der Waals surface area contributed by atoms with Crippen LogP contribution in [0.4, 0.5) is 11.6 Å². The Hall–Kier alpha value is -2.49. The number of nitrogens with zero attached hydrogens (tertiary/aromatic N) is 2. The highest BCUT2D eigenvalue weighted by Crippen LogP contribution is 2.20. The minimum absolute atomic E-state index is 0.736. The van der Waals surface area contributed by atoms with Gasteiger partial charge in [-0.15, -0.1) is 0 Å². The number of rotatable bonds is 3. The Morgan fingerprint density at radius 1 is 1.16 bits per heavy atom. The number of nitrogens with one attached hydrogen (secondary N) is 1. The fourth-order valence-electron chi connectivity index (χ4n) is 2.15. The Morgan fingerprint density at radius 2 is 1.95 bits per heavy atom. The Morgan fingerprint density at radius 3 is 2.74 bits per heavy atom. The van der Waals surface area contributed by atoms with Crippen molar-refractivity contribution >= 4 is 22.7 Å². The van der Waals surface area contributed by atoms with Gasteiger partial charge in [-0.1, -0.05) is 30.3 Å². The highest BCUT2D eigenvalue weighted by molar-refractivity contribution is 5.81. The first-order valence-electron chi connectivity index (χ1n) is 6.24. The van der Waals surface area contributed by atoms with E-state index in [9.17, 15) is 0 Å². The van der Waals surface area contributed by atoms with Crippen LogP contribution in [0.5, 0.6) is 0 Å². The van der Waals surface area contributed by atoms with Crippen LogP contribution in [-0.4, -0.2) is 9.55 Å². The molecule has 3 aromatic rings. The summed E-state index contributed by atoms with van der Waals surface area (Å²) in [6, 6.07) is 16.0. The van der Waals surface area contributed by atoms with E-state index in [0.29, 0.717) is 0 Å². The molecule has 2 aromatic carbocycles. The Balaban J connectivity index is 1.87. The first-order chi connectivity index (χ1) is 9.24. The summed E-state index contributed by atoms with van der Waals surface area (Å²) in [6.45, 7) is 0.757. The van der Waals surface area contributed by atoms with Gasteiger partial charge in [0.1, 0.15) is 0 Å². The molecule has 1 heterocycles. The van der Waals surface area contributed by atoms with Gasteiger partial charge in [-0.3, -0.25) is 0 Å². The zero-order chi connectivity index (χ0) is 13.2. The van der Waals surface area contributed by atoms with Gasteiger partial charge in [0.05, 0.1) is 11.0 Å². The number of imidazole rings is 1. The number of anilines is 2. The Kier molecular flexibility index (Phi) is 2.83. The van der Waals surface area contributed by atoms with Crippen LogP contribution in [-0.2, 0) is 13.6 Å². The third kappa shape index (κ3) is 2.25. The zero-order valence-corrected chi connectivity index (χ0v) is 10.8. The standard InChI is InChI=1S/C15H16N4/c1-19-14-8-7-12(16)9-13(14)18-15(19)17-10-11-5-3-2-4-6-11/h2-9H,10,16H2,1H3,(H,17,18). The fourth-order valence-corrected chi connectivity index (χ4v) is 2.15. The summed E-state index contributed by atoms with van der Waals surface area (Å²) >= 11 is 0. The van der Waals surface area contributed by atoms with Crippen LogP contribution in [0, 0.1) is 0 Å². The number of aromatic nitrogens is 2. The Labute approximate surface area is 111 Å². The average Bonchev–Trinajstić information content (AvgIpc) is 2.74. The quantitative estimate of drug-likeness (QED) is 0.705. The van der Waals surface area contributed by atoms with E-state index in [2.05, 4.69) is 22.4 Å². The van der Waals surface area contributed by atoms with Gasteiger partial charge in [-0.2, -0.15) is 0 Å². The lowest BCUT2D eigenvalue weighted by Gasteiger charge is -2.06. The molecule has 0 spiro atoms. The molecule has 0 aliphatic heterocycles. The fraction of sp³-hybridized carbons (Fsp3) is 0.133. The van der Waals surface area contributed by atoms with Crippen molar-refractivity contribution in [2.75, 3.05) is 11.1 Å². The van der Waals surface area contributed by atoms with Crippen molar-refractivity contribution in [2.45, 2.75) is 6.54 Å². The molecular weight excluding hydrogens is 236 g/mol. The van der Waals surface area contributed by atoms with Gasteiger partial charge in [0.15, 0.2) is 0 Å². The maximum Gasteiger partial charge on any atom is 0.203 e. The third-order valence-corrected chi connectivity index (χ3v) is 3.20. The lowest BCUT2D eigenvalue weighted by Crippen LogP contribution is -2.04. The van der Waals surface area contributed by atoms with Gasteiger partial charge in [0.2, 0.25) is 5.95 Å². The summed E-state index contributed by atoms with van der Waals surface area (Å²) in [7, 11) is 2.00. The van der Waals surface area contributed by atoms with Gasteiger partial charge in [0, 0.05) is 19.3 Å². The number of aryl methyl sites for hydroxylation is 1. The van der Waals surface area contributed by atoms with E-state index in [1.54, 1.807) is 0 Å². The largest absolute Gasteiger partial charge is 0.399 e. The monoisotopic (exact) mass is 252 g/mol. The molecule has 96 valence electrons. The van der Waals surface area contributed by atoms with Crippen molar-refractivity contribution in [2.24, 2.45) is 7.05 Å². The number of nitrogen functional groups attached to an aromatic ring is 1. The first kappa shape index (κ1) is 11.6. The normalized spacial score (nSPS) is 10.8. The van der Waals surface area contributed by atoms with Crippen LogP contribution >= 0.6 is 0 Å². The maximum absolute atomic E-state index is 5.78. The molecule has 0 aliphatic carbocycles. The summed E-state index contributed by atoms with van der Waals surface area (Å²) in [6.07, 6.45) is 0. The lowest BCUT2D eigenvalue weighted by atomic mass is 10.2. The van der Waals surface area contributed by atoms with Crippen molar-refractivity contribution in [3.63, 3.8) is 0 Å². The lowest BCUT2D eigenvalue weighted by molar-refractivity contribution is 0.927. The first-order valence-corrected chi connectivity index (χ1v) is 6.24. The SMILES string of the molecule is Cn1c(NCc2ccccc2)nc2cc(N)ccc21. The molecule has 0 amide bonds. The zero-order valence-electron chi connectivity index (χ0n) is 10.8. The van der Waals surface area contributed by atoms with Crippen molar-refractivity contribution in [1.82, 2.24) is 9.55 Å². The summed E-state index contributed by atoms with van der Waals surface area (Å²) in [5.74, 6) is 0.851. The highest BCUT2D eigenvalue weighted by atomic mass is 15.2. The number of benzene rings is 2. The molecular formula is C15H16N4. The van der Waals surface area contributed by atoms with E-state index < -0.39 is 0 Å². The maximum atomic E-state index is 5.78. The molecule has 0 bridgehead atoms. The predicted molar refractivity (Wildman–Crippen MR) is 78.9 cm³/mol. The van der Waals surface area contributed by atoms with E-state index in [1.807, 2.05) is 48.0 Å². The Bertz CT molecular complexity index is 701. The molecule has 3 N–H and O–H groups in total. The second-order valence-corrected chi connectivity index (χ2v) is 4.58. The third-order valence-electron chi connectivity index (χ3n) is 3.20. The van der Waals surface area contributed by atoms with Crippen molar-refractivity contribution in [3.05, 3.63) is 54.1 Å². The van der Waals surface area contributed by atoms with E-state index in [-0.39, 0.29) is 0 Å². The van der Waals surface area contributed by atoms with E-state index in [4.69, 9.17) is 5.73 Å². The van der Waals surface area contributed by atoms with Crippen LogP contribution in [0.3, 0.4) is 0 Å². The smallest absolute Gasteiger partial charge is 0.203 e. The van der Waals surface area contributed by atoms with E-state index in [0.717, 1.165) is 29.2 Å². The van der Waals surface area contributed by atoms with Crippen LogP contribution in [0.1, 0.15) is 5.56 Å². The van der Waals surface area contributed by atoms with Gasteiger partial charge in [0.25, 0.3) is 0 Å². The topological polar surface area (TPSA) is 55.9 Å². The van der Waals surface area contributed by atoms with Gasteiger partial charge in [-0.25, -0.2) is 4.98 Å². The molecule has 4 nitrogen and oxygen atoms in total. The molecule has 0 unspecified atom stereocenters. The van der Waals surface area contributed by atoms with Crippen molar-refractivity contribution in [3.8, 4) is 0 Å². The van der Waals surface area contributed by atoms with Crippen LogP contribution in [0.15, 0.2) is 48.5 Å².